The lowest BCUT2D eigenvalue weighted by molar-refractivity contribution is -0.142. The number of piperidine rings is 1. The van der Waals surface area contributed by atoms with Crippen LogP contribution in [0.1, 0.15) is 47.7 Å². The zero-order valence-corrected chi connectivity index (χ0v) is 17.7. The van der Waals surface area contributed by atoms with Crippen LogP contribution in [0.15, 0.2) is 36.4 Å². The Bertz CT molecular complexity index is 950. The van der Waals surface area contributed by atoms with Gasteiger partial charge in [-0.3, -0.25) is 9.59 Å². The van der Waals surface area contributed by atoms with E-state index in [0.717, 1.165) is 31.4 Å². The maximum absolute atomic E-state index is 12.7. The number of aromatic nitrogens is 1. The van der Waals surface area contributed by atoms with Crippen LogP contribution in [0.4, 0.5) is 11.5 Å². The lowest BCUT2D eigenvalue weighted by Gasteiger charge is -2.33. The number of hydrogen-bond donors (Lipinski definition) is 2. The molecule has 1 aromatic heterocycles. The number of hydrogen-bond acceptors (Lipinski definition) is 6. The fourth-order valence-corrected chi connectivity index (χ4v) is 4.22. The third-order valence-electron chi connectivity index (χ3n) is 5.98. The third-order valence-corrected chi connectivity index (χ3v) is 5.98. The maximum Gasteiger partial charge on any atom is 0.259 e. The molecule has 0 bridgehead atoms. The SMILES string of the molecule is COc1ccccc1NC(=O)c1ccc(C2CCN(C(=O)[C@@H]3CCCO3)CC2)nc1N. The van der Waals surface area contributed by atoms with Gasteiger partial charge in [-0.1, -0.05) is 12.1 Å². The molecule has 2 fully saturated rings. The molecule has 0 spiro atoms. The number of carbonyl (C=O) groups excluding carboxylic acids is 2. The zero-order chi connectivity index (χ0) is 21.8. The van der Waals surface area contributed by atoms with E-state index in [9.17, 15) is 9.59 Å². The van der Waals surface area contributed by atoms with Crippen LogP contribution in [-0.4, -0.2) is 54.6 Å². The van der Waals surface area contributed by atoms with Gasteiger partial charge >= 0.3 is 0 Å². The van der Waals surface area contributed by atoms with Gasteiger partial charge in [0.25, 0.3) is 11.8 Å². The highest BCUT2D eigenvalue weighted by Crippen LogP contribution is 2.30. The average Bonchev–Trinajstić information content (AvgIpc) is 3.34. The highest BCUT2D eigenvalue weighted by atomic mass is 16.5. The number of nitrogens with two attached hydrogens (primary N) is 1. The van der Waals surface area contributed by atoms with Gasteiger partial charge in [0.05, 0.1) is 18.4 Å². The monoisotopic (exact) mass is 424 g/mol. The summed E-state index contributed by atoms with van der Waals surface area (Å²) < 4.78 is 10.8. The summed E-state index contributed by atoms with van der Waals surface area (Å²) in [6, 6.07) is 10.8. The first-order chi connectivity index (χ1) is 15.1. The maximum atomic E-state index is 12.7. The van der Waals surface area contributed by atoms with Crippen molar-refractivity contribution in [1.29, 1.82) is 0 Å². The minimum atomic E-state index is -0.335. The Morgan fingerprint density at radius 2 is 1.94 bits per heavy atom. The van der Waals surface area contributed by atoms with E-state index in [-0.39, 0.29) is 29.7 Å². The first kappa shape index (κ1) is 21.1. The molecule has 0 unspecified atom stereocenters. The first-order valence-corrected chi connectivity index (χ1v) is 10.7. The second-order valence-corrected chi connectivity index (χ2v) is 7.92. The summed E-state index contributed by atoms with van der Waals surface area (Å²) in [5.74, 6) is 0.748. The van der Waals surface area contributed by atoms with E-state index in [1.165, 1.54) is 0 Å². The van der Waals surface area contributed by atoms with Crippen LogP contribution in [-0.2, 0) is 9.53 Å². The summed E-state index contributed by atoms with van der Waals surface area (Å²) in [4.78, 5) is 31.6. The Labute approximate surface area is 181 Å². The summed E-state index contributed by atoms with van der Waals surface area (Å²) in [6.07, 6.45) is 3.13. The molecule has 2 aliphatic heterocycles. The van der Waals surface area contributed by atoms with Gasteiger partial charge in [0.1, 0.15) is 17.7 Å². The van der Waals surface area contributed by atoms with Crippen LogP contribution in [0.2, 0.25) is 0 Å². The van der Waals surface area contributed by atoms with Gasteiger partial charge in [0.2, 0.25) is 0 Å². The van der Waals surface area contributed by atoms with E-state index in [1.807, 2.05) is 23.1 Å². The summed E-state index contributed by atoms with van der Waals surface area (Å²) in [6.45, 7) is 2.04. The summed E-state index contributed by atoms with van der Waals surface area (Å²) >= 11 is 0. The van der Waals surface area contributed by atoms with Crippen molar-refractivity contribution in [3.8, 4) is 5.75 Å². The van der Waals surface area contributed by atoms with Crippen molar-refractivity contribution in [1.82, 2.24) is 9.88 Å². The molecule has 0 aliphatic carbocycles. The predicted molar refractivity (Wildman–Crippen MR) is 117 cm³/mol. The molecule has 1 atom stereocenters. The Hall–Kier alpha value is -3.13. The summed E-state index contributed by atoms with van der Waals surface area (Å²) in [5.41, 5.74) is 7.88. The Morgan fingerprint density at radius 3 is 2.61 bits per heavy atom. The molecule has 0 saturated carbocycles. The molecule has 31 heavy (non-hydrogen) atoms. The summed E-state index contributed by atoms with van der Waals surface area (Å²) in [5, 5.41) is 2.82. The normalized spacial score (nSPS) is 19.3. The van der Waals surface area contributed by atoms with Crippen molar-refractivity contribution in [3.05, 3.63) is 47.7 Å². The van der Waals surface area contributed by atoms with Crippen molar-refractivity contribution in [3.63, 3.8) is 0 Å². The van der Waals surface area contributed by atoms with Crippen LogP contribution in [0.3, 0.4) is 0 Å². The molecule has 8 heteroatoms. The number of carbonyl (C=O) groups is 2. The van der Waals surface area contributed by atoms with E-state index in [1.54, 1.807) is 25.3 Å². The first-order valence-electron chi connectivity index (χ1n) is 10.7. The fraction of sp³-hybridized carbons (Fsp3) is 0.435. The standard InChI is InChI=1S/C23H28N4O4/c1-30-19-6-3-2-5-18(19)26-22(28)16-8-9-17(25-21(16)24)15-10-12-27(13-11-15)23(29)20-7-4-14-31-20/h2-3,5-6,8-9,15,20H,4,7,10-14H2,1H3,(H2,24,25)(H,26,28)/t20-/m0/s1. The zero-order valence-electron chi connectivity index (χ0n) is 17.7. The third kappa shape index (κ3) is 4.64. The van der Waals surface area contributed by atoms with Crippen LogP contribution in [0.25, 0.3) is 0 Å². The Morgan fingerprint density at radius 1 is 1.16 bits per heavy atom. The fourth-order valence-electron chi connectivity index (χ4n) is 4.22. The van der Waals surface area contributed by atoms with Gasteiger partial charge in [-0.25, -0.2) is 4.98 Å². The second kappa shape index (κ2) is 9.34. The van der Waals surface area contributed by atoms with Gasteiger partial charge < -0.3 is 25.4 Å². The summed E-state index contributed by atoms with van der Waals surface area (Å²) in [7, 11) is 1.55. The van der Waals surface area contributed by atoms with Crippen LogP contribution < -0.4 is 15.8 Å². The van der Waals surface area contributed by atoms with Crippen LogP contribution in [0, 0.1) is 0 Å². The van der Waals surface area contributed by atoms with E-state index in [0.29, 0.717) is 36.7 Å². The van der Waals surface area contributed by atoms with Crippen molar-refractivity contribution < 1.29 is 19.1 Å². The number of pyridine rings is 1. The van der Waals surface area contributed by atoms with Crippen molar-refractivity contribution >= 4 is 23.3 Å². The number of para-hydroxylation sites is 2. The molecule has 3 heterocycles. The van der Waals surface area contributed by atoms with Crippen LogP contribution >= 0.6 is 0 Å². The largest absolute Gasteiger partial charge is 0.495 e. The molecule has 2 aromatic rings. The number of benzene rings is 1. The number of ether oxygens (including phenoxy) is 2. The van der Waals surface area contributed by atoms with Gasteiger partial charge in [-0.15, -0.1) is 0 Å². The highest BCUT2D eigenvalue weighted by molar-refractivity contribution is 6.07. The number of likely N-dealkylation sites (tertiary alicyclic amines) is 1. The molecule has 0 radical (unpaired) electrons. The second-order valence-electron chi connectivity index (χ2n) is 7.92. The van der Waals surface area contributed by atoms with E-state index < -0.39 is 0 Å². The molecule has 164 valence electrons. The smallest absolute Gasteiger partial charge is 0.259 e. The molecular weight excluding hydrogens is 396 g/mol. The molecule has 1 aromatic carbocycles. The lowest BCUT2D eigenvalue weighted by Crippen LogP contribution is -2.43. The van der Waals surface area contributed by atoms with Crippen molar-refractivity contribution in [2.24, 2.45) is 0 Å². The number of rotatable bonds is 5. The molecule has 2 aliphatic rings. The molecule has 8 nitrogen and oxygen atoms in total. The Balaban J connectivity index is 1.38. The minimum Gasteiger partial charge on any atom is -0.495 e. The number of nitrogens with one attached hydrogen (secondary N) is 1. The van der Waals surface area contributed by atoms with Crippen molar-refractivity contribution in [2.75, 3.05) is 37.9 Å². The molecule has 4 rings (SSSR count). The molecule has 2 amide bonds. The van der Waals surface area contributed by atoms with Gasteiger partial charge in [0, 0.05) is 31.3 Å². The molecule has 3 N–H and O–H groups in total. The number of amides is 2. The number of methoxy groups -OCH3 is 1. The van der Waals surface area contributed by atoms with E-state index in [4.69, 9.17) is 15.2 Å². The van der Waals surface area contributed by atoms with Gasteiger partial charge in [0.15, 0.2) is 0 Å². The predicted octanol–water partition coefficient (Wildman–Crippen LogP) is 2.81. The van der Waals surface area contributed by atoms with Gasteiger partial charge in [-0.05, 0) is 49.9 Å². The van der Waals surface area contributed by atoms with E-state index in [2.05, 4.69) is 10.3 Å². The number of anilines is 2. The molecule has 2 saturated heterocycles. The van der Waals surface area contributed by atoms with Crippen LogP contribution in [0.5, 0.6) is 5.75 Å². The quantitative estimate of drug-likeness (QED) is 0.764. The lowest BCUT2D eigenvalue weighted by atomic mass is 9.92. The van der Waals surface area contributed by atoms with Gasteiger partial charge in [-0.2, -0.15) is 0 Å². The minimum absolute atomic E-state index is 0.104. The number of nitrogen functional groups attached to an aromatic ring is 1. The topological polar surface area (TPSA) is 107 Å². The molecular formula is C23H28N4O4. The van der Waals surface area contributed by atoms with Crippen molar-refractivity contribution in [2.45, 2.75) is 37.7 Å². The highest BCUT2D eigenvalue weighted by Gasteiger charge is 2.31. The average molecular weight is 425 g/mol. The Kier molecular flexibility index (Phi) is 6.36. The van der Waals surface area contributed by atoms with E-state index >= 15 is 0 Å². The number of nitrogens with zero attached hydrogens (tertiary/aromatic N) is 2.